The van der Waals surface area contributed by atoms with Crippen molar-refractivity contribution in [3.8, 4) is 5.82 Å². The van der Waals surface area contributed by atoms with E-state index in [4.69, 9.17) is 0 Å². The monoisotopic (exact) mass is 318 g/mol. The van der Waals surface area contributed by atoms with Gasteiger partial charge in [-0.2, -0.15) is 6.07 Å². The SMILES string of the molecule is CC.Cc1[c-]cc(-n2ccc(C)cc2=O)nc1.[Y]. The van der Waals surface area contributed by atoms with E-state index in [9.17, 15) is 4.79 Å². The fourth-order valence-corrected chi connectivity index (χ4v) is 1.31. The van der Waals surface area contributed by atoms with Crippen LogP contribution in [-0.4, -0.2) is 9.55 Å². The van der Waals surface area contributed by atoms with Gasteiger partial charge in [0.15, 0.2) is 0 Å². The molecule has 3 nitrogen and oxygen atoms in total. The zero-order valence-electron chi connectivity index (χ0n) is 11.3. The maximum absolute atomic E-state index is 11.6. The van der Waals surface area contributed by atoms with Gasteiger partial charge in [0.2, 0.25) is 5.56 Å². The van der Waals surface area contributed by atoms with Gasteiger partial charge < -0.3 is 9.55 Å². The Morgan fingerprint density at radius 3 is 2.44 bits per heavy atom. The van der Waals surface area contributed by atoms with Crippen molar-refractivity contribution in [1.29, 1.82) is 0 Å². The molecule has 18 heavy (non-hydrogen) atoms. The van der Waals surface area contributed by atoms with Crippen LogP contribution in [0.3, 0.4) is 0 Å². The van der Waals surface area contributed by atoms with E-state index in [2.05, 4.69) is 11.1 Å². The molecule has 2 aromatic heterocycles. The third-order valence-electron chi connectivity index (χ3n) is 2.14. The van der Waals surface area contributed by atoms with Crippen LogP contribution in [0.2, 0.25) is 0 Å². The number of pyridine rings is 2. The Morgan fingerprint density at radius 1 is 1.28 bits per heavy atom. The Morgan fingerprint density at radius 2 is 1.94 bits per heavy atom. The van der Waals surface area contributed by atoms with Gasteiger partial charge >= 0.3 is 0 Å². The van der Waals surface area contributed by atoms with Gasteiger partial charge in [0, 0.05) is 50.8 Å². The van der Waals surface area contributed by atoms with Crippen LogP contribution in [0.4, 0.5) is 0 Å². The van der Waals surface area contributed by atoms with Crippen molar-refractivity contribution in [1.82, 2.24) is 9.55 Å². The molecule has 93 valence electrons. The molecule has 0 unspecified atom stereocenters. The van der Waals surface area contributed by atoms with Crippen molar-refractivity contribution in [2.45, 2.75) is 27.7 Å². The predicted octanol–water partition coefficient (Wildman–Crippen LogP) is 2.67. The topological polar surface area (TPSA) is 34.9 Å². The summed E-state index contributed by atoms with van der Waals surface area (Å²) >= 11 is 0. The van der Waals surface area contributed by atoms with Gasteiger partial charge in [0.05, 0.1) is 0 Å². The molecular weight excluding hydrogens is 301 g/mol. The maximum Gasteiger partial charge on any atom is 0.245 e. The summed E-state index contributed by atoms with van der Waals surface area (Å²) in [7, 11) is 0. The molecule has 0 aliphatic heterocycles. The number of aryl methyl sites for hydroxylation is 2. The fourth-order valence-electron chi connectivity index (χ4n) is 1.31. The van der Waals surface area contributed by atoms with E-state index < -0.39 is 0 Å². The molecule has 1 radical (unpaired) electrons. The number of nitrogens with zero attached hydrogens (tertiary/aromatic N) is 2. The summed E-state index contributed by atoms with van der Waals surface area (Å²) in [6.07, 6.45) is 3.42. The second kappa shape index (κ2) is 8.33. The molecule has 0 N–H and O–H groups in total. The van der Waals surface area contributed by atoms with Crippen molar-refractivity contribution in [3.63, 3.8) is 0 Å². The molecule has 0 amide bonds. The largest absolute Gasteiger partial charge is 0.367 e. The minimum atomic E-state index is -0.0697. The first-order valence-corrected chi connectivity index (χ1v) is 5.71. The van der Waals surface area contributed by atoms with Crippen LogP contribution in [0, 0.1) is 19.9 Å². The minimum absolute atomic E-state index is 0. The molecule has 2 heterocycles. The fraction of sp³-hybridized carbons (Fsp3) is 0.286. The first-order valence-electron chi connectivity index (χ1n) is 5.71. The Labute approximate surface area is 133 Å². The summed E-state index contributed by atoms with van der Waals surface area (Å²) in [5.74, 6) is 0.602. The minimum Gasteiger partial charge on any atom is -0.367 e. The Kier molecular flexibility index (Phi) is 7.96. The van der Waals surface area contributed by atoms with Crippen molar-refractivity contribution < 1.29 is 32.7 Å². The van der Waals surface area contributed by atoms with Crippen LogP contribution in [-0.2, 0) is 32.7 Å². The van der Waals surface area contributed by atoms with Crippen molar-refractivity contribution in [2.75, 3.05) is 0 Å². The van der Waals surface area contributed by atoms with Gasteiger partial charge in [-0.25, -0.2) is 0 Å². The molecule has 0 spiro atoms. The van der Waals surface area contributed by atoms with Gasteiger partial charge in [0.25, 0.3) is 0 Å². The predicted molar refractivity (Wildman–Crippen MR) is 69.5 cm³/mol. The molecule has 0 aliphatic carbocycles. The molecule has 0 aromatic carbocycles. The van der Waals surface area contributed by atoms with E-state index in [1.807, 2.05) is 33.8 Å². The second-order valence-electron chi connectivity index (χ2n) is 3.50. The van der Waals surface area contributed by atoms with Crippen LogP contribution in [0.25, 0.3) is 5.82 Å². The van der Waals surface area contributed by atoms with E-state index in [0.717, 1.165) is 11.1 Å². The molecule has 2 rings (SSSR count). The Bertz CT molecular complexity index is 532. The van der Waals surface area contributed by atoms with E-state index in [1.54, 1.807) is 24.5 Å². The van der Waals surface area contributed by atoms with Crippen molar-refractivity contribution in [3.05, 3.63) is 58.1 Å². The van der Waals surface area contributed by atoms with E-state index >= 15 is 0 Å². The smallest absolute Gasteiger partial charge is 0.245 e. The van der Waals surface area contributed by atoms with Crippen LogP contribution in [0.5, 0.6) is 0 Å². The summed E-state index contributed by atoms with van der Waals surface area (Å²) in [4.78, 5) is 15.8. The van der Waals surface area contributed by atoms with Gasteiger partial charge in [0.1, 0.15) is 0 Å². The first-order chi connectivity index (χ1) is 8.16. The van der Waals surface area contributed by atoms with Crippen LogP contribution >= 0.6 is 0 Å². The van der Waals surface area contributed by atoms with Crippen LogP contribution in [0.1, 0.15) is 25.0 Å². The normalized spacial score (nSPS) is 8.89. The van der Waals surface area contributed by atoms with Gasteiger partial charge in [-0.3, -0.25) is 4.79 Å². The molecule has 2 aromatic rings. The molecule has 0 bridgehead atoms. The Balaban J connectivity index is 0.000000917. The summed E-state index contributed by atoms with van der Waals surface area (Å²) < 4.78 is 1.50. The Hall–Kier alpha value is -0.796. The quantitative estimate of drug-likeness (QED) is 0.758. The molecule has 0 atom stereocenters. The van der Waals surface area contributed by atoms with Gasteiger partial charge in [-0.15, -0.1) is 11.6 Å². The maximum atomic E-state index is 11.6. The van der Waals surface area contributed by atoms with Gasteiger partial charge in [-0.05, 0) is 18.6 Å². The van der Waals surface area contributed by atoms with Crippen LogP contribution in [0.15, 0.2) is 35.4 Å². The van der Waals surface area contributed by atoms with E-state index in [0.29, 0.717) is 5.82 Å². The summed E-state index contributed by atoms with van der Waals surface area (Å²) in [6, 6.07) is 8.20. The van der Waals surface area contributed by atoms with Crippen molar-refractivity contribution in [2.24, 2.45) is 0 Å². The zero-order valence-corrected chi connectivity index (χ0v) is 14.1. The molecule has 0 fully saturated rings. The summed E-state index contributed by atoms with van der Waals surface area (Å²) in [5, 5.41) is 0. The summed E-state index contributed by atoms with van der Waals surface area (Å²) in [6.45, 7) is 7.80. The third-order valence-corrected chi connectivity index (χ3v) is 2.14. The number of hydrogen-bond acceptors (Lipinski definition) is 2. The van der Waals surface area contributed by atoms with Crippen LogP contribution < -0.4 is 5.56 Å². The zero-order chi connectivity index (χ0) is 12.8. The number of hydrogen-bond donors (Lipinski definition) is 0. The molecule has 0 saturated carbocycles. The average Bonchev–Trinajstić information content (AvgIpc) is 2.33. The van der Waals surface area contributed by atoms with E-state index in [-0.39, 0.29) is 38.3 Å². The van der Waals surface area contributed by atoms with Gasteiger partial charge in [-0.1, -0.05) is 27.0 Å². The number of rotatable bonds is 1. The standard InChI is InChI=1S/C12H11N2O.C2H6.Y/c1-9-5-6-14(12(15)7-9)11-4-3-10(2)8-13-11;1-2;/h4-8H,1-2H3;1-2H3;/q-1;;. The average molecular weight is 318 g/mol. The molecule has 4 heteroatoms. The summed E-state index contributed by atoms with van der Waals surface area (Å²) in [5.41, 5.74) is 1.84. The van der Waals surface area contributed by atoms with Crippen molar-refractivity contribution >= 4 is 0 Å². The first kappa shape index (κ1) is 17.2. The second-order valence-corrected chi connectivity index (χ2v) is 3.50. The number of aromatic nitrogens is 2. The third kappa shape index (κ3) is 4.47. The molecule has 0 aliphatic rings. The molecule has 0 saturated heterocycles. The molecular formula is C14H17N2OY-. The van der Waals surface area contributed by atoms with E-state index in [1.165, 1.54) is 4.57 Å².